The zero-order valence-electron chi connectivity index (χ0n) is 19.3. The fourth-order valence-corrected chi connectivity index (χ4v) is 4.17. The lowest BCUT2D eigenvalue weighted by Crippen LogP contribution is -2.57. The minimum absolute atomic E-state index is 0.258. The molecule has 11 heteroatoms. The third kappa shape index (κ3) is 8.59. The summed E-state index contributed by atoms with van der Waals surface area (Å²) in [5.41, 5.74) is 11.6. The number of thioether (sulfide) groups is 1. The predicted octanol–water partition coefficient (Wildman–Crippen LogP) is -0.103. The highest BCUT2D eigenvalue weighted by molar-refractivity contribution is 7.98. The van der Waals surface area contributed by atoms with Gasteiger partial charge < -0.3 is 32.1 Å². The molecular weight excluding hydrogens is 434 g/mol. The number of likely N-dealkylation sites (tertiary alicyclic amines) is 1. The zero-order chi connectivity index (χ0) is 24.3. The van der Waals surface area contributed by atoms with Crippen molar-refractivity contribution in [2.75, 3.05) is 25.1 Å². The monoisotopic (exact) mass is 473 g/mol. The van der Waals surface area contributed by atoms with Crippen LogP contribution >= 0.6 is 11.8 Å². The molecule has 1 aliphatic heterocycles. The molecule has 0 radical (unpaired) electrons. The van der Waals surface area contributed by atoms with Gasteiger partial charge in [-0.25, -0.2) is 4.79 Å². The van der Waals surface area contributed by atoms with Crippen LogP contribution in [-0.4, -0.2) is 83.0 Å². The van der Waals surface area contributed by atoms with Gasteiger partial charge in [-0.3, -0.25) is 14.4 Å². The first kappa shape index (κ1) is 28.2. The Bertz CT molecular complexity index is 648. The van der Waals surface area contributed by atoms with Crippen LogP contribution in [0.1, 0.15) is 52.4 Å². The van der Waals surface area contributed by atoms with E-state index in [1.807, 2.05) is 6.26 Å². The summed E-state index contributed by atoms with van der Waals surface area (Å²) in [4.78, 5) is 51.6. The van der Waals surface area contributed by atoms with E-state index in [9.17, 15) is 24.3 Å². The van der Waals surface area contributed by atoms with Crippen LogP contribution in [0, 0.1) is 5.92 Å². The van der Waals surface area contributed by atoms with E-state index >= 15 is 0 Å². The second-order valence-corrected chi connectivity index (χ2v) is 9.48. The Morgan fingerprint density at radius 2 is 1.84 bits per heavy atom. The second-order valence-electron chi connectivity index (χ2n) is 8.49. The number of amides is 3. The van der Waals surface area contributed by atoms with Crippen molar-refractivity contribution in [3.05, 3.63) is 0 Å². The van der Waals surface area contributed by atoms with Crippen molar-refractivity contribution in [1.29, 1.82) is 0 Å². The number of unbranched alkanes of at least 4 members (excludes halogenated alkanes) is 1. The van der Waals surface area contributed by atoms with Gasteiger partial charge in [0.25, 0.3) is 0 Å². The highest BCUT2D eigenvalue weighted by Crippen LogP contribution is 2.20. The molecule has 0 saturated carbocycles. The molecule has 1 fully saturated rings. The molecule has 3 amide bonds. The maximum atomic E-state index is 13.0. The van der Waals surface area contributed by atoms with Crippen molar-refractivity contribution in [2.24, 2.45) is 17.4 Å². The molecule has 0 bridgehead atoms. The van der Waals surface area contributed by atoms with Crippen LogP contribution in [0.15, 0.2) is 0 Å². The molecule has 0 aromatic carbocycles. The number of carbonyl (C=O) groups is 4. The third-order valence-corrected chi connectivity index (χ3v) is 6.24. The predicted molar refractivity (Wildman–Crippen MR) is 125 cm³/mol. The van der Waals surface area contributed by atoms with E-state index in [2.05, 4.69) is 10.6 Å². The SMILES string of the molecule is CSCCC(N)C(=O)N1CCCC1C(=O)NC(CCCCN)C(=O)NC(C(=O)O)C(C)C. The van der Waals surface area contributed by atoms with Crippen molar-refractivity contribution in [3.8, 4) is 0 Å². The second kappa shape index (κ2) is 14.3. The lowest BCUT2D eigenvalue weighted by atomic mass is 10.0. The van der Waals surface area contributed by atoms with E-state index in [4.69, 9.17) is 11.5 Å². The molecule has 4 atom stereocenters. The van der Waals surface area contributed by atoms with Crippen molar-refractivity contribution < 1.29 is 24.3 Å². The first-order valence-corrected chi connectivity index (χ1v) is 12.6. The summed E-state index contributed by atoms with van der Waals surface area (Å²) in [7, 11) is 0. The standard InChI is InChI=1S/C21H39N5O5S/c1-13(2)17(21(30)31)25-18(27)15(7-4-5-10-22)24-19(28)16-8-6-11-26(16)20(29)14(23)9-12-32-3/h13-17H,4-12,22-23H2,1-3H3,(H,24,28)(H,25,27)(H,30,31). The molecule has 0 aliphatic carbocycles. The van der Waals surface area contributed by atoms with Gasteiger partial charge in [0.1, 0.15) is 18.1 Å². The van der Waals surface area contributed by atoms with Crippen LogP contribution in [0.3, 0.4) is 0 Å². The number of nitrogens with two attached hydrogens (primary N) is 2. The molecule has 184 valence electrons. The van der Waals surface area contributed by atoms with Crippen molar-refractivity contribution in [3.63, 3.8) is 0 Å². The van der Waals surface area contributed by atoms with Gasteiger partial charge in [0, 0.05) is 6.54 Å². The number of nitrogens with one attached hydrogen (secondary N) is 2. The number of hydrogen-bond acceptors (Lipinski definition) is 7. The van der Waals surface area contributed by atoms with Gasteiger partial charge in [-0.1, -0.05) is 13.8 Å². The van der Waals surface area contributed by atoms with Crippen molar-refractivity contribution >= 4 is 35.5 Å². The number of aliphatic carboxylic acids is 1. The molecule has 1 aliphatic rings. The maximum absolute atomic E-state index is 13.0. The number of carbonyl (C=O) groups excluding carboxylic acids is 3. The summed E-state index contributed by atoms with van der Waals surface area (Å²) in [6.45, 7) is 4.29. The average molecular weight is 474 g/mol. The average Bonchev–Trinajstić information content (AvgIpc) is 3.23. The smallest absolute Gasteiger partial charge is 0.326 e. The highest BCUT2D eigenvalue weighted by Gasteiger charge is 2.37. The zero-order valence-corrected chi connectivity index (χ0v) is 20.2. The quantitative estimate of drug-likeness (QED) is 0.218. The van der Waals surface area contributed by atoms with Crippen molar-refractivity contribution in [1.82, 2.24) is 15.5 Å². The number of rotatable bonds is 14. The first-order chi connectivity index (χ1) is 15.1. The Kier molecular flexibility index (Phi) is 12.6. The minimum Gasteiger partial charge on any atom is -0.480 e. The molecule has 32 heavy (non-hydrogen) atoms. The molecule has 1 saturated heterocycles. The van der Waals surface area contributed by atoms with Gasteiger partial charge >= 0.3 is 5.97 Å². The highest BCUT2D eigenvalue weighted by atomic mass is 32.2. The summed E-state index contributed by atoms with van der Waals surface area (Å²) in [6.07, 6.45) is 5.23. The van der Waals surface area contributed by atoms with Gasteiger partial charge in [0.2, 0.25) is 17.7 Å². The number of hydrogen-bond donors (Lipinski definition) is 5. The van der Waals surface area contributed by atoms with Crippen LogP contribution in [-0.2, 0) is 19.2 Å². The molecular formula is C21H39N5O5S. The molecule has 1 rings (SSSR count). The Labute approximate surface area is 194 Å². The van der Waals surface area contributed by atoms with Crippen LogP contribution in [0.4, 0.5) is 0 Å². The summed E-state index contributed by atoms with van der Waals surface area (Å²) < 4.78 is 0. The summed E-state index contributed by atoms with van der Waals surface area (Å²) in [5.74, 6) is -1.93. The first-order valence-electron chi connectivity index (χ1n) is 11.2. The maximum Gasteiger partial charge on any atom is 0.326 e. The van der Waals surface area contributed by atoms with Crippen LogP contribution in [0.2, 0.25) is 0 Å². The normalized spacial score (nSPS) is 18.8. The molecule has 0 aromatic heterocycles. The van der Waals surface area contributed by atoms with E-state index in [-0.39, 0.29) is 11.8 Å². The number of carboxylic acid groups (broad SMARTS) is 1. The van der Waals surface area contributed by atoms with E-state index in [0.29, 0.717) is 51.6 Å². The molecule has 0 spiro atoms. The summed E-state index contributed by atoms with van der Waals surface area (Å²) in [5, 5.41) is 14.6. The van der Waals surface area contributed by atoms with Gasteiger partial charge in [-0.05, 0) is 63.0 Å². The Hall–Kier alpha value is -1.85. The molecule has 0 aromatic rings. The minimum atomic E-state index is -1.13. The van der Waals surface area contributed by atoms with E-state index in [0.717, 1.165) is 5.75 Å². The lowest BCUT2D eigenvalue weighted by Gasteiger charge is -2.29. The number of nitrogens with zero attached hydrogens (tertiary/aromatic N) is 1. The van der Waals surface area contributed by atoms with Gasteiger partial charge in [0.05, 0.1) is 6.04 Å². The fourth-order valence-electron chi connectivity index (χ4n) is 3.68. The van der Waals surface area contributed by atoms with Crippen LogP contribution in [0.5, 0.6) is 0 Å². The Morgan fingerprint density at radius 3 is 2.41 bits per heavy atom. The summed E-state index contributed by atoms with van der Waals surface area (Å²) >= 11 is 1.60. The fraction of sp³-hybridized carbons (Fsp3) is 0.810. The number of carboxylic acids is 1. The summed E-state index contributed by atoms with van der Waals surface area (Å²) in [6, 6.07) is -3.32. The topological polar surface area (TPSA) is 168 Å². The third-order valence-electron chi connectivity index (χ3n) is 5.60. The lowest BCUT2D eigenvalue weighted by molar-refractivity contribution is -0.144. The molecule has 1 heterocycles. The van der Waals surface area contributed by atoms with Gasteiger partial charge in [-0.2, -0.15) is 11.8 Å². The van der Waals surface area contributed by atoms with Gasteiger partial charge in [-0.15, -0.1) is 0 Å². The van der Waals surface area contributed by atoms with E-state index in [1.165, 1.54) is 4.90 Å². The Morgan fingerprint density at radius 1 is 1.16 bits per heavy atom. The molecule has 7 N–H and O–H groups in total. The largest absolute Gasteiger partial charge is 0.480 e. The van der Waals surface area contributed by atoms with Crippen molar-refractivity contribution in [2.45, 2.75) is 76.5 Å². The molecule has 10 nitrogen and oxygen atoms in total. The van der Waals surface area contributed by atoms with Crippen LogP contribution in [0.25, 0.3) is 0 Å². The molecule has 4 unspecified atom stereocenters. The van der Waals surface area contributed by atoms with E-state index in [1.54, 1.807) is 25.6 Å². The van der Waals surface area contributed by atoms with Crippen LogP contribution < -0.4 is 22.1 Å². The van der Waals surface area contributed by atoms with Gasteiger partial charge in [0.15, 0.2) is 0 Å². The Balaban J connectivity index is 2.88. The van der Waals surface area contributed by atoms with E-state index < -0.39 is 42.0 Å².